The lowest BCUT2D eigenvalue weighted by molar-refractivity contribution is 0.105. The second-order valence-electron chi connectivity index (χ2n) is 5.92. The van der Waals surface area contributed by atoms with Crippen molar-refractivity contribution in [2.75, 3.05) is 20.2 Å². The van der Waals surface area contributed by atoms with Gasteiger partial charge in [0, 0.05) is 31.1 Å². The van der Waals surface area contributed by atoms with Crippen molar-refractivity contribution in [2.24, 2.45) is 4.99 Å². The smallest absolute Gasteiger partial charge is 0.191 e. The van der Waals surface area contributed by atoms with E-state index in [-0.39, 0.29) is 24.0 Å². The van der Waals surface area contributed by atoms with E-state index < -0.39 is 0 Å². The number of hydrogen-bond donors (Lipinski definition) is 2. The van der Waals surface area contributed by atoms with E-state index in [1.54, 1.807) is 7.05 Å². The standard InChI is InChI=1S/C18H25N3O2.HI/c1-13-15-7-3-4-8-16(15)23-17(13)12-21-18(19-2)20-10-9-14-6-5-11-22-14;/h3-4,7-8,14H,5-6,9-12H2,1-2H3,(H2,19,20,21);1H. The SMILES string of the molecule is CN=C(NCCC1CCCO1)NCc1oc2ccccc2c1C.I. The minimum atomic E-state index is 0. The van der Waals surface area contributed by atoms with Crippen LogP contribution < -0.4 is 10.6 Å². The zero-order valence-corrected chi connectivity index (χ0v) is 16.6. The average molecular weight is 443 g/mol. The third-order valence-corrected chi connectivity index (χ3v) is 4.37. The van der Waals surface area contributed by atoms with Gasteiger partial charge in [-0.15, -0.1) is 24.0 Å². The molecule has 1 aliphatic rings. The molecule has 132 valence electrons. The molecule has 1 aromatic carbocycles. The molecule has 0 aliphatic carbocycles. The van der Waals surface area contributed by atoms with Gasteiger partial charge in [0.2, 0.25) is 0 Å². The number of hydrogen-bond acceptors (Lipinski definition) is 3. The molecule has 0 bridgehead atoms. The highest BCUT2D eigenvalue weighted by Gasteiger charge is 2.15. The molecule has 1 unspecified atom stereocenters. The van der Waals surface area contributed by atoms with Crippen molar-refractivity contribution in [2.45, 2.75) is 38.8 Å². The molecule has 1 fully saturated rings. The Morgan fingerprint density at radius 2 is 2.12 bits per heavy atom. The Hall–Kier alpha value is -1.28. The number of guanidine groups is 1. The Labute approximate surface area is 160 Å². The number of rotatable bonds is 5. The number of nitrogens with one attached hydrogen (secondary N) is 2. The number of halogens is 1. The van der Waals surface area contributed by atoms with Crippen molar-refractivity contribution < 1.29 is 9.15 Å². The van der Waals surface area contributed by atoms with Gasteiger partial charge in [-0.05, 0) is 32.3 Å². The van der Waals surface area contributed by atoms with Crippen LogP contribution in [-0.2, 0) is 11.3 Å². The molecule has 0 saturated carbocycles. The molecule has 0 spiro atoms. The van der Waals surface area contributed by atoms with Gasteiger partial charge in [-0.2, -0.15) is 0 Å². The van der Waals surface area contributed by atoms with Crippen molar-refractivity contribution in [3.8, 4) is 0 Å². The van der Waals surface area contributed by atoms with Crippen LogP contribution in [0.25, 0.3) is 11.0 Å². The summed E-state index contributed by atoms with van der Waals surface area (Å²) >= 11 is 0. The highest BCUT2D eigenvalue weighted by Crippen LogP contribution is 2.24. The Balaban J connectivity index is 0.00000208. The number of para-hydroxylation sites is 1. The Morgan fingerprint density at radius 3 is 2.83 bits per heavy atom. The Morgan fingerprint density at radius 1 is 1.29 bits per heavy atom. The topological polar surface area (TPSA) is 58.8 Å². The molecule has 3 rings (SSSR count). The summed E-state index contributed by atoms with van der Waals surface area (Å²) in [7, 11) is 1.78. The largest absolute Gasteiger partial charge is 0.459 e. The van der Waals surface area contributed by atoms with E-state index in [1.807, 2.05) is 18.2 Å². The van der Waals surface area contributed by atoms with Gasteiger partial charge < -0.3 is 19.8 Å². The zero-order valence-electron chi connectivity index (χ0n) is 14.3. The second kappa shape index (κ2) is 9.27. The first-order valence-corrected chi connectivity index (χ1v) is 8.31. The molecule has 1 atom stereocenters. The van der Waals surface area contributed by atoms with Crippen molar-refractivity contribution in [1.29, 1.82) is 0 Å². The Bertz CT molecular complexity index is 678. The van der Waals surface area contributed by atoms with Crippen LogP contribution in [0.4, 0.5) is 0 Å². The number of furan rings is 1. The molecule has 6 heteroatoms. The molecule has 0 amide bonds. The van der Waals surface area contributed by atoms with E-state index in [2.05, 4.69) is 28.6 Å². The van der Waals surface area contributed by atoms with Crippen LogP contribution in [0.2, 0.25) is 0 Å². The molecule has 1 saturated heterocycles. The van der Waals surface area contributed by atoms with Crippen LogP contribution in [0.1, 0.15) is 30.6 Å². The summed E-state index contributed by atoms with van der Waals surface area (Å²) in [5, 5.41) is 7.83. The summed E-state index contributed by atoms with van der Waals surface area (Å²) in [6, 6.07) is 8.12. The lowest BCUT2D eigenvalue weighted by atomic mass is 10.1. The molecule has 2 heterocycles. The minimum Gasteiger partial charge on any atom is -0.459 e. The zero-order chi connectivity index (χ0) is 16.1. The van der Waals surface area contributed by atoms with Gasteiger partial charge in [-0.25, -0.2) is 0 Å². The highest BCUT2D eigenvalue weighted by molar-refractivity contribution is 14.0. The lowest BCUT2D eigenvalue weighted by Gasteiger charge is -2.13. The predicted molar refractivity (Wildman–Crippen MR) is 108 cm³/mol. The van der Waals surface area contributed by atoms with Gasteiger partial charge >= 0.3 is 0 Å². The van der Waals surface area contributed by atoms with Crippen LogP contribution >= 0.6 is 24.0 Å². The number of benzene rings is 1. The lowest BCUT2D eigenvalue weighted by Crippen LogP contribution is -2.38. The summed E-state index contributed by atoms with van der Waals surface area (Å²) in [5.41, 5.74) is 2.12. The van der Waals surface area contributed by atoms with Gasteiger partial charge in [-0.3, -0.25) is 4.99 Å². The molecule has 0 radical (unpaired) electrons. The van der Waals surface area contributed by atoms with E-state index >= 15 is 0 Å². The fourth-order valence-electron chi connectivity index (χ4n) is 3.00. The normalized spacial score (nSPS) is 17.8. The molecule has 2 N–H and O–H groups in total. The summed E-state index contributed by atoms with van der Waals surface area (Å²) in [5.74, 6) is 1.75. The van der Waals surface area contributed by atoms with Gasteiger partial charge in [0.05, 0.1) is 12.6 Å². The maximum atomic E-state index is 5.91. The summed E-state index contributed by atoms with van der Waals surface area (Å²) in [4.78, 5) is 4.26. The molecule has 24 heavy (non-hydrogen) atoms. The van der Waals surface area contributed by atoms with Crippen LogP contribution in [0.15, 0.2) is 33.7 Å². The van der Waals surface area contributed by atoms with Gasteiger partial charge in [0.25, 0.3) is 0 Å². The van der Waals surface area contributed by atoms with Crippen LogP contribution in [-0.4, -0.2) is 32.3 Å². The monoisotopic (exact) mass is 443 g/mol. The van der Waals surface area contributed by atoms with E-state index in [4.69, 9.17) is 9.15 Å². The first-order valence-electron chi connectivity index (χ1n) is 8.31. The third-order valence-electron chi connectivity index (χ3n) is 4.37. The van der Waals surface area contributed by atoms with E-state index in [1.165, 1.54) is 23.8 Å². The van der Waals surface area contributed by atoms with Crippen LogP contribution in [0.3, 0.4) is 0 Å². The van der Waals surface area contributed by atoms with E-state index in [9.17, 15) is 0 Å². The molecule has 2 aromatic rings. The van der Waals surface area contributed by atoms with Crippen molar-refractivity contribution in [3.05, 3.63) is 35.6 Å². The predicted octanol–water partition coefficient (Wildman–Crippen LogP) is 3.59. The first-order chi connectivity index (χ1) is 11.3. The summed E-state index contributed by atoms with van der Waals surface area (Å²) in [6.45, 7) is 4.49. The van der Waals surface area contributed by atoms with Gasteiger partial charge in [-0.1, -0.05) is 18.2 Å². The summed E-state index contributed by atoms with van der Waals surface area (Å²) in [6.07, 6.45) is 3.78. The molecule has 5 nitrogen and oxygen atoms in total. The summed E-state index contributed by atoms with van der Waals surface area (Å²) < 4.78 is 11.5. The van der Waals surface area contributed by atoms with Gasteiger partial charge in [0.15, 0.2) is 5.96 Å². The van der Waals surface area contributed by atoms with Crippen molar-refractivity contribution in [1.82, 2.24) is 10.6 Å². The fourth-order valence-corrected chi connectivity index (χ4v) is 3.00. The van der Waals surface area contributed by atoms with Crippen molar-refractivity contribution >= 4 is 40.9 Å². The number of aliphatic imine (C=N–C) groups is 1. The number of nitrogens with zero attached hydrogens (tertiary/aromatic N) is 1. The maximum Gasteiger partial charge on any atom is 0.191 e. The van der Waals surface area contributed by atoms with Crippen LogP contribution in [0.5, 0.6) is 0 Å². The van der Waals surface area contributed by atoms with Crippen molar-refractivity contribution in [3.63, 3.8) is 0 Å². The maximum absolute atomic E-state index is 5.91. The number of fused-ring (bicyclic) bond motifs is 1. The molecular weight excluding hydrogens is 417 g/mol. The highest BCUT2D eigenvalue weighted by atomic mass is 127. The van der Waals surface area contributed by atoms with E-state index in [0.717, 1.165) is 36.9 Å². The number of ether oxygens (including phenoxy) is 1. The van der Waals surface area contributed by atoms with E-state index in [0.29, 0.717) is 12.6 Å². The first kappa shape index (κ1) is 19.1. The third kappa shape index (κ3) is 4.63. The van der Waals surface area contributed by atoms with Gasteiger partial charge in [0.1, 0.15) is 11.3 Å². The fraction of sp³-hybridized carbons (Fsp3) is 0.500. The quantitative estimate of drug-likeness (QED) is 0.421. The molecule has 1 aliphatic heterocycles. The molecule has 1 aromatic heterocycles. The average Bonchev–Trinajstić information content (AvgIpc) is 3.19. The van der Waals surface area contributed by atoms with Crippen LogP contribution in [0, 0.1) is 6.92 Å². The molecular formula is C18H26IN3O2. The Kier molecular flexibility index (Phi) is 7.36. The second-order valence-corrected chi connectivity index (χ2v) is 5.92. The number of aryl methyl sites for hydroxylation is 1. The minimum absolute atomic E-state index is 0.